The van der Waals surface area contributed by atoms with Gasteiger partial charge in [-0.15, -0.1) is 0 Å². The molecule has 2 amide bonds. The van der Waals surface area contributed by atoms with Crippen LogP contribution in [0.2, 0.25) is 0 Å². The van der Waals surface area contributed by atoms with Gasteiger partial charge in [-0.05, 0) is 19.4 Å². The lowest BCUT2D eigenvalue weighted by Crippen LogP contribution is -2.46. The third-order valence-corrected chi connectivity index (χ3v) is 2.15. The maximum Gasteiger partial charge on any atom is 0.312 e. The van der Waals surface area contributed by atoms with Crippen LogP contribution in [-0.4, -0.2) is 38.3 Å². The van der Waals surface area contributed by atoms with Gasteiger partial charge in [-0.25, -0.2) is 4.79 Å². The van der Waals surface area contributed by atoms with E-state index in [0.717, 1.165) is 19.6 Å². The van der Waals surface area contributed by atoms with E-state index in [9.17, 15) is 4.79 Å². The molecule has 5 heteroatoms. The number of carbonyl (C=O) groups excluding carboxylic acids is 1. The van der Waals surface area contributed by atoms with Gasteiger partial charge in [0.25, 0.3) is 0 Å². The van der Waals surface area contributed by atoms with Crippen LogP contribution in [0.4, 0.5) is 4.79 Å². The first-order valence-corrected chi connectivity index (χ1v) is 4.76. The molecule has 1 atom stereocenters. The van der Waals surface area contributed by atoms with Gasteiger partial charge in [-0.3, -0.25) is 0 Å². The highest BCUT2D eigenvalue weighted by molar-refractivity contribution is 5.71. The van der Waals surface area contributed by atoms with Crippen molar-refractivity contribution in [2.45, 2.75) is 18.9 Å². The van der Waals surface area contributed by atoms with E-state index in [4.69, 9.17) is 5.73 Å². The molecule has 76 valence electrons. The maximum atomic E-state index is 10.3. The Morgan fingerprint density at radius 2 is 2.38 bits per heavy atom. The van der Waals surface area contributed by atoms with Crippen molar-refractivity contribution in [3.63, 3.8) is 0 Å². The highest BCUT2D eigenvalue weighted by Crippen LogP contribution is 1.99. The lowest BCUT2D eigenvalue weighted by Gasteiger charge is -2.23. The summed E-state index contributed by atoms with van der Waals surface area (Å²) in [5, 5.41) is 9.20. The number of hydrogen-bond acceptors (Lipinski definition) is 3. The number of piperidine rings is 1. The highest BCUT2D eigenvalue weighted by atomic mass is 16.2. The molecule has 1 unspecified atom stereocenters. The summed E-state index contributed by atoms with van der Waals surface area (Å²) in [6.45, 7) is 3.54. The smallest absolute Gasteiger partial charge is 0.312 e. The van der Waals surface area contributed by atoms with Crippen molar-refractivity contribution in [3.05, 3.63) is 0 Å². The Labute approximate surface area is 78.4 Å². The Morgan fingerprint density at radius 1 is 1.54 bits per heavy atom. The Kier molecular flexibility index (Phi) is 4.56. The number of amides is 2. The third kappa shape index (κ3) is 4.69. The second kappa shape index (κ2) is 5.77. The van der Waals surface area contributed by atoms with E-state index >= 15 is 0 Å². The quantitative estimate of drug-likeness (QED) is 0.425. The van der Waals surface area contributed by atoms with Crippen molar-refractivity contribution in [1.82, 2.24) is 16.0 Å². The van der Waals surface area contributed by atoms with Crippen LogP contribution in [0.3, 0.4) is 0 Å². The molecule has 0 spiro atoms. The normalized spacial score (nSPS) is 22.6. The van der Waals surface area contributed by atoms with Crippen LogP contribution in [0.5, 0.6) is 0 Å². The van der Waals surface area contributed by atoms with Gasteiger partial charge in [0, 0.05) is 25.7 Å². The van der Waals surface area contributed by atoms with Gasteiger partial charge in [-0.1, -0.05) is 0 Å². The van der Waals surface area contributed by atoms with Gasteiger partial charge in [0.05, 0.1) is 0 Å². The first kappa shape index (κ1) is 10.3. The fourth-order valence-electron chi connectivity index (χ4n) is 1.49. The average Bonchev–Trinajstić information content (AvgIpc) is 2.14. The molecule has 0 saturated carbocycles. The first-order chi connectivity index (χ1) is 6.29. The summed E-state index contributed by atoms with van der Waals surface area (Å²) >= 11 is 0. The molecule has 0 aromatic rings. The number of carbonyl (C=O) groups is 1. The average molecular weight is 186 g/mol. The molecule has 5 N–H and O–H groups in total. The fraction of sp³-hybridized carbons (Fsp3) is 0.875. The predicted molar refractivity (Wildman–Crippen MR) is 51.5 cm³/mol. The van der Waals surface area contributed by atoms with E-state index in [-0.39, 0.29) is 0 Å². The van der Waals surface area contributed by atoms with Gasteiger partial charge in [-0.2, -0.15) is 0 Å². The fourth-order valence-corrected chi connectivity index (χ4v) is 1.49. The van der Waals surface area contributed by atoms with Crippen molar-refractivity contribution < 1.29 is 4.79 Å². The minimum absolute atomic E-state index is 0.455. The Hall–Kier alpha value is -0.810. The minimum Gasteiger partial charge on any atom is -0.352 e. The van der Waals surface area contributed by atoms with Gasteiger partial charge in [0.2, 0.25) is 0 Å². The van der Waals surface area contributed by atoms with Crippen LogP contribution in [0.1, 0.15) is 12.8 Å². The standard InChI is InChI=1S/C8H18N4O/c9-8(13)12-5-4-11-7-2-1-3-10-6-7/h7,10-11H,1-6H2,(H3,9,12,13). The summed E-state index contributed by atoms with van der Waals surface area (Å²) in [6.07, 6.45) is 2.44. The zero-order valence-electron chi connectivity index (χ0n) is 7.81. The van der Waals surface area contributed by atoms with Crippen LogP contribution in [-0.2, 0) is 0 Å². The van der Waals surface area contributed by atoms with E-state index in [1.165, 1.54) is 12.8 Å². The molecule has 1 heterocycles. The molecule has 1 aliphatic heterocycles. The molecule has 0 radical (unpaired) electrons. The van der Waals surface area contributed by atoms with E-state index in [2.05, 4.69) is 16.0 Å². The number of nitrogens with one attached hydrogen (secondary N) is 3. The molecular formula is C8H18N4O. The van der Waals surface area contributed by atoms with Crippen LogP contribution in [0.15, 0.2) is 0 Å². The first-order valence-electron chi connectivity index (χ1n) is 4.76. The number of urea groups is 1. The minimum atomic E-state index is -0.455. The molecule has 0 bridgehead atoms. The van der Waals surface area contributed by atoms with Crippen molar-refractivity contribution >= 4 is 6.03 Å². The van der Waals surface area contributed by atoms with Gasteiger partial charge in [0.1, 0.15) is 0 Å². The van der Waals surface area contributed by atoms with Gasteiger partial charge >= 0.3 is 6.03 Å². The van der Waals surface area contributed by atoms with E-state index in [1.807, 2.05) is 0 Å². The lowest BCUT2D eigenvalue weighted by molar-refractivity contribution is 0.248. The largest absolute Gasteiger partial charge is 0.352 e. The molecule has 0 aliphatic carbocycles. The van der Waals surface area contributed by atoms with Crippen molar-refractivity contribution in [3.8, 4) is 0 Å². The van der Waals surface area contributed by atoms with Crippen molar-refractivity contribution in [2.75, 3.05) is 26.2 Å². The summed E-state index contributed by atoms with van der Waals surface area (Å²) in [5.74, 6) is 0. The molecule has 0 aromatic heterocycles. The van der Waals surface area contributed by atoms with Crippen LogP contribution in [0, 0.1) is 0 Å². The van der Waals surface area contributed by atoms with Crippen LogP contribution in [0.25, 0.3) is 0 Å². The summed E-state index contributed by atoms with van der Waals surface area (Å²) < 4.78 is 0. The zero-order chi connectivity index (χ0) is 9.52. The third-order valence-electron chi connectivity index (χ3n) is 2.15. The molecule has 5 nitrogen and oxygen atoms in total. The van der Waals surface area contributed by atoms with Crippen LogP contribution >= 0.6 is 0 Å². The molecule has 1 rings (SSSR count). The number of hydrogen-bond donors (Lipinski definition) is 4. The van der Waals surface area contributed by atoms with Gasteiger partial charge in [0.15, 0.2) is 0 Å². The van der Waals surface area contributed by atoms with E-state index < -0.39 is 6.03 Å². The second-order valence-electron chi connectivity index (χ2n) is 3.29. The summed E-state index contributed by atoms with van der Waals surface area (Å²) in [7, 11) is 0. The Morgan fingerprint density at radius 3 is 3.00 bits per heavy atom. The Bertz CT molecular complexity index is 156. The summed E-state index contributed by atoms with van der Waals surface area (Å²) in [6, 6.07) is 0.0898. The highest BCUT2D eigenvalue weighted by Gasteiger charge is 2.10. The van der Waals surface area contributed by atoms with Gasteiger partial charge < -0.3 is 21.7 Å². The predicted octanol–water partition coefficient (Wildman–Crippen LogP) is -1.00. The SMILES string of the molecule is NC(=O)NCCNC1CCCNC1. The topological polar surface area (TPSA) is 79.2 Å². The Balaban J connectivity index is 1.95. The molecular weight excluding hydrogens is 168 g/mol. The summed E-state index contributed by atoms with van der Waals surface area (Å²) in [4.78, 5) is 10.3. The van der Waals surface area contributed by atoms with E-state index in [1.54, 1.807) is 0 Å². The summed E-state index contributed by atoms with van der Waals surface area (Å²) in [5.41, 5.74) is 4.92. The molecule has 13 heavy (non-hydrogen) atoms. The van der Waals surface area contributed by atoms with Crippen molar-refractivity contribution in [2.24, 2.45) is 5.73 Å². The molecule has 1 aliphatic rings. The molecule has 1 saturated heterocycles. The molecule has 1 fully saturated rings. The monoisotopic (exact) mass is 186 g/mol. The maximum absolute atomic E-state index is 10.3. The lowest BCUT2D eigenvalue weighted by atomic mass is 10.1. The van der Waals surface area contributed by atoms with Crippen LogP contribution < -0.4 is 21.7 Å². The van der Waals surface area contributed by atoms with E-state index in [0.29, 0.717) is 12.6 Å². The molecule has 0 aromatic carbocycles. The second-order valence-corrected chi connectivity index (χ2v) is 3.29. The number of nitrogens with two attached hydrogens (primary N) is 1. The number of rotatable bonds is 4. The number of primary amides is 1. The zero-order valence-corrected chi connectivity index (χ0v) is 7.81. The van der Waals surface area contributed by atoms with Crippen molar-refractivity contribution in [1.29, 1.82) is 0 Å².